The van der Waals surface area contributed by atoms with Crippen LogP contribution in [-0.2, 0) is 17.9 Å². The third-order valence-electron chi connectivity index (χ3n) is 4.79. The highest BCUT2D eigenvalue weighted by molar-refractivity contribution is 5.81. The minimum absolute atomic E-state index is 0.0119. The van der Waals surface area contributed by atoms with Gasteiger partial charge in [0.2, 0.25) is 5.91 Å². The van der Waals surface area contributed by atoms with Gasteiger partial charge in [-0.2, -0.15) is 0 Å². The van der Waals surface area contributed by atoms with E-state index in [1.54, 1.807) is 0 Å². The molecule has 28 heavy (non-hydrogen) atoms. The first-order chi connectivity index (χ1) is 13.3. The normalized spacial score (nSPS) is 11.6. The number of carbonyl (C=O) groups is 1. The van der Waals surface area contributed by atoms with Gasteiger partial charge in [0.1, 0.15) is 18.2 Å². The Balaban J connectivity index is 1.78. The van der Waals surface area contributed by atoms with Crippen LogP contribution < -0.4 is 10.1 Å². The molecular formula is C23H29N3O2. The summed E-state index contributed by atoms with van der Waals surface area (Å²) < 4.78 is 8.22. The van der Waals surface area contributed by atoms with Crippen LogP contribution in [0.4, 0.5) is 0 Å². The van der Waals surface area contributed by atoms with E-state index in [0.717, 1.165) is 33.7 Å². The van der Waals surface area contributed by atoms with Crippen LogP contribution in [0.25, 0.3) is 11.0 Å². The van der Waals surface area contributed by atoms with Crippen molar-refractivity contribution in [2.45, 2.75) is 47.7 Å². The molecule has 1 amide bonds. The molecule has 0 saturated carbocycles. The maximum Gasteiger partial charge on any atom is 0.225 e. The van der Waals surface area contributed by atoms with E-state index in [0.29, 0.717) is 19.7 Å². The second kappa shape index (κ2) is 8.05. The lowest BCUT2D eigenvalue weighted by Gasteiger charge is -2.18. The first-order valence-corrected chi connectivity index (χ1v) is 9.69. The molecule has 1 heterocycles. The van der Waals surface area contributed by atoms with Gasteiger partial charge in [-0.1, -0.05) is 51.1 Å². The molecule has 1 N–H and O–H groups in total. The summed E-state index contributed by atoms with van der Waals surface area (Å²) in [5, 5.41) is 3.00. The molecule has 1 aromatic heterocycles. The van der Waals surface area contributed by atoms with E-state index in [1.165, 1.54) is 0 Å². The number of fused-ring (bicyclic) bond motifs is 1. The van der Waals surface area contributed by atoms with E-state index in [2.05, 4.69) is 41.9 Å². The lowest BCUT2D eigenvalue weighted by Crippen LogP contribution is -2.35. The Bertz CT molecular complexity index is 963. The number of aryl methyl sites for hydroxylation is 2. The summed E-state index contributed by atoms with van der Waals surface area (Å²) in [6.45, 7) is 11.4. The zero-order valence-electron chi connectivity index (χ0n) is 17.4. The number of imidazole rings is 1. The van der Waals surface area contributed by atoms with Gasteiger partial charge < -0.3 is 14.6 Å². The maximum absolute atomic E-state index is 12.3. The quantitative estimate of drug-likeness (QED) is 0.691. The minimum atomic E-state index is -0.428. The smallest absolute Gasteiger partial charge is 0.225 e. The molecule has 3 aromatic rings. The summed E-state index contributed by atoms with van der Waals surface area (Å²) >= 11 is 0. The van der Waals surface area contributed by atoms with Crippen molar-refractivity contribution in [2.24, 2.45) is 5.41 Å². The summed E-state index contributed by atoms with van der Waals surface area (Å²) in [6, 6.07) is 14.2. The number of aromatic nitrogens is 2. The predicted octanol–water partition coefficient (Wildman–Crippen LogP) is 4.39. The fourth-order valence-corrected chi connectivity index (χ4v) is 3.20. The summed E-state index contributed by atoms with van der Waals surface area (Å²) in [5.41, 5.74) is 3.81. The molecule has 0 radical (unpaired) electrons. The first-order valence-electron chi connectivity index (χ1n) is 9.69. The van der Waals surface area contributed by atoms with E-state index in [4.69, 9.17) is 9.72 Å². The van der Waals surface area contributed by atoms with E-state index in [-0.39, 0.29) is 5.91 Å². The predicted molar refractivity (Wildman–Crippen MR) is 112 cm³/mol. The van der Waals surface area contributed by atoms with Crippen LogP contribution in [0, 0.1) is 19.3 Å². The van der Waals surface area contributed by atoms with Gasteiger partial charge in [0.15, 0.2) is 0 Å². The van der Waals surface area contributed by atoms with Gasteiger partial charge in [0.25, 0.3) is 0 Å². The van der Waals surface area contributed by atoms with Gasteiger partial charge in [-0.15, -0.1) is 0 Å². The Kier molecular flexibility index (Phi) is 5.73. The third-order valence-corrected chi connectivity index (χ3v) is 4.79. The van der Waals surface area contributed by atoms with Crippen molar-refractivity contribution in [3.8, 4) is 5.75 Å². The summed E-state index contributed by atoms with van der Waals surface area (Å²) in [4.78, 5) is 17.0. The third kappa shape index (κ3) is 4.35. The number of ether oxygens (including phenoxy) is 1. The molecule has 0 atom stereocenters. The fraction of sp³-hybridized carbons (Fsp3) is 0.391. The molecule has 5 nitrogen and oxygen atoms in total. The monoisotopic (exact) mass is 379 g/mol. The average molecular weight is 380 g/mol. The zero-order valence-corrected chi connectivity index (χ0v) is 17.4. The van der Waals surface area contributed by atoms with Crippen LogP contribution in [-0.4, -0.2) is 22.1 Å². The largest absolute Gasteiger partial charge is 0.491 e. The molecule has 0 aliphatic heterocycles. The number of carbonyl (C=O) groups excluding carboxylic acids is 1. The Morgan fingerprint density at radius 3 is 2.43 bits per heavy atom. The van der Waals surface area contributed by atoms with Crippen molar-refractivity contribution >= 4 is 16.9 Å². The van der Waals surface area contributed by atoms with Gasteiger partial charge >= 0.3 is 0 Å². The number of benzene rings is 2. The molecule has 0 bridgehead atoms. The number of rotatable bonds is 6. The van der Waals surface area contributed by atoms with E-state index >= 15 is 0 Å². The molecule has 0 aliphatic carbocycles. The molecule has 0 aliphatic rings. The molecule has 0 unspecified atom stereocenters. The number of nitrogens with zero attached hydrogens (tertiary/aromatic N) is 2. The van der Waals surface area contributed by atoms with E-state index in [9.17, 15) is 4.79 Å². The minimum Gasteiger partial charge on any atom is -0.491 e. The Morgan fingerprint density at radius 2 is 1.75 bits per heavy atom. The number of nitrogens with one attached hydrogen (secondary N) is 1. The van der Waals surface area contributed by atoms with Crippen molar-refractivity contribution in [3.05, 3.63) is 59.4 Å². The Morgan fingerprint density at radius 1 is 1.07 bits per heavy atom. The topological polar surface area (TPSA) is 56.1 Å². The highest BCUT2D eigenvalue weighted by Gasteiger charge is 2.21. The first kappa shape index (κ1) is 19.9. The molecule has 0 saturated heterocycles. The summed E-state index contributed by atoms with van der Waals surface area (Å²) in [7, 11) is 0. The molecular weight excluding hydrogens is 350 g/mol. The molecule has 5 heteroatoms. The van der Waals surface area contributed by atoms with E-state index < -0.39 is 5.41 Å². The second-order valence-electron chi connectivity index (χ2n) is 8.17. The van der Waals surface area contributed by atoms with Gasteiger partial charge in [0, 0.05) is 5.41 Å². The van der Waals surface area contributed by atoms with Crippen molar-refractivity contribution in [2.75, 3.05) is 6.61 Å². The molecule has 3 rings (SSSR count). The highest BCUT2D eigenvalue weighted by Crippen LogP contribution is 2.23. The maximum atomic E-state index is 12.3. The summed E-state index contributed by atoms with van der Waals surface area (Å²) in [6.07, 6.45) is 0. The second-order valence-corrected chi connectivity index (χ2v) is 8.17. The Labute approximate surface area is 166 Å². The van der Waals surface area contributed by atoms with Crippen LogP contribution in [0.15, 0.2) is 42.5 Å². The van der Waals surface area contributed by atoms with Gasteiger partial charge in [0.05, 0.1) is 24.1 Å². The van der Waals surface area contributed by atoms with Crippen LogP contribution >= 0.6 is 0 Å². The van der Waals surface area contributed by atoms with Crippen LogP contribution in [0.5, 0.6) is 5.75 Å². The molecule has 148 valence electrons. The number of hydrogen-bond acceptors (Lipinski definition) is 3. The van der Waals surface area contributed by atoms with Crippen molar-refractivity contribution in [3.63, 3.8) is 0 Å². The van der Waals surface area contributed by atoms with E-state index in [1.807, 2.05) is 45.0 Å². The zero-order chi connectivity index (χ0) is 20.3. The van der Waals surface area contributed by atoms with Crippen LogP contribution in [0.1, 0.15) is 37.7 Å². The number of para-hydroxylation sites is 3. The van der Waals surface area contributed by atoms with Crippen LogP contribution in [0.2, 0.25) is 0 Å². The summed E-state index contributed by atoms with van der Waals surface area (Å²) in [5.74, 6) is 1.79. The fourth-order valence-electron chi connectivity index (χ4n) is 3.20. The van der Waals surface area contributed by atoms with Crippen molar-refractivity contribution in [1.82, 2.24) is 14.9 Å². The lowest BCUT2D eigenvalue weighted by atomic mass is 9.96. The molecule has 2 aromatic carbocycles. The highest BCUT2D eigenvalue weighted by atomic mass is 16.5. The average Bonchev–Trinajstić information content (AvgIpc) is 2.99. The van der Waals surface area contributed by atoms with Gasteiger partial charge in [-0.3, -0.25) is 4.79 Å². The Hall–Kier alpha value is -2.82. The van der Waals surface area contributed by atoms with Crippen molar-refractivity contribution in [1.29, 1.82) is 0 Å². The number of amides is 1. The van der Waals surface area contributed by atoms with Gasteiger partial charge in [-0.05, 0) is 37.1 Å². The van der Waals surface area contributed by atoms with Crippen molar-refractivity contribution < 1.29 is 9.53 Å². The molecule has 0 fully saturated rings. The molecule has 0 spiro atoms. The lowest BCUT2D eigenvalue weighted by molar-refractivity contribution is -0.128. The standard InChI is InChI=1S/C23H29N3O2/c1-16-9-8-10-17(2)21(16)28-14-13-26-19-12-7-6-11-18(19)25-20(26)15-24-22(27)23(3,4)5/h6-12H,13-15H2,1-5H3,(H,24,27). The van der Waals surface area contributed by atoms with Crippen LogP contribution in [0.3, 0.4) is 0 Å². The number of hydrogen-bond donors (Lipinski definition) is 1. The van der Waals surface area contributed by atoms with Gasteiger partial charge in [-0.25, -0.2) is 4.98 Å². The SMILES string of the molecule is Cc1cccc(C)c1OCCn1c(CNC(=O)C(C)(C)C)nc2ccccc21.